The zero-order valence-corrected chi connectivity index (χ0v) is 14.8. The molecule has 6 nitrogen and oxygen atoms in total. The molecule has 2 rings (SSSR count). The van der Waals surface area contributed by atoms with Crippen molar-refractivity contribution >= 4 is 6.09 Å². The lowest BCUT2D eigenvalue weighted by molar-refractivity contribution is -0.260. The summed E-state index contributed by atoms with van der Waals surface area (Å²) in [6, 6.07) is 9.80. The van der Waals surface area contributed by atoms with E-state index in [1.807, 2.05) is 51.1 Å². The molecule has 0 aliphatic carbocycles. The molecular formula is C18H27NO5. The van der Waals surface area contributed by atoms with Crippen molar-refractivity contribution in [2.45, 2.75) is 51.8 Å². The van der Waals surface area contributed by atoms with E-state index < -0.39 is 23.6 Å². The highest BCUT2D eigenvalue weighted by Gasteiger charge is 2.39. The molecule has 1 aliphatic heterocycles. The fourth-order valence-corrected chi connectivity index (χ4v) is 2.53. The Balaban J connectivity index is 1.89. The summed E-state index contributed by atoms with van der Waals surface area (Å²) in [5.74, 6) is -1.42. The van der Waals surface area contributed by atoms with Crippen LogP contribution in [0.2, 0.25) is 0 Å². The van der Waals surface area contributed by atoms with Crippen LogP contribution in [0, 0.1) is 0 Å². The maximum atomic E-state index is 12.2. The van der Waals surface area contributed by atoms with Crippen LogP contribution in [0.1, 0.15) is 33.3 Å². The molecule has 0 radical (unpaired) electrons. The Hall–Kier alpha value is -1.63. The molecule has 0 aromatic heterocycles. The summed E-state index contributed by atoms with van der Waals surface area (Å²) < 4.78 is 16.6. The number of aliphatic hydroxyl groups is 1. The van der Waals surface area contributed by atoms with Crippen molar-refractivity contribution in [1.29, 1.82) is 0 Å². The average Bonchev–Trinajstić information content (AvgIpc) is 2.45. The van der Waals surface area contributed by atoms with Crippen molar-refractivity contribution in [3.8, 4) is 0 Å². The first-order chi connectivity index (χ1) is 11.1. The van der Waals surface area contributed by atoms with E-state index in [1.165, 1.54) is 11.8 Å². The second kappa shape index (κ2) is 7.51. The van der Waals surface area contributed by atoms with Gasteiger partial charge in [-0.15, -0.1) is 0 Å². The number of rotatable bonds is 4. The van der Waals surface area contributed by atoms with Gasteiger partial charge in [-0.1, -0.05) is 30.3 Å². The fraction of sp³-hybridized carbons (Fsp3) is 0.611. The lowest BCUT2D eigenvalue weighted by Crippen LogP contribution is -2.57. The number of morpholine rings is 1. The van der Waals surface area contributed by atoms with E-state index >= 15 is 0 Å². The molecule has 24 heavy (non-hydrogen) atoms. The number of hydrogen-bond acceptors (Lipinski definition) is 5. The zero-order valence-electron chi connectivity index (χ0n) is 14.8. The van der Waals surface area contributed by atoms with Crippen molar-refractivity contribution in [3.05, 3.63) is 35.9 Å². The minimum absolute atomic E-state index is 0.0666. The van der Waals surface area contributed by atoms with E-state index in [4.69, 9.17) is 14.2 Å². The second-order valence-corrected chi connectivity index (χ2v) is 7.28. The summed E-state index contributed by atoms with van der Waals surface area (Å²) in [4.78, 5) is 13.7. The smallest absolute Gasteiger partial charge is 0.410 e. The molecule has 1 aromatic rings. The van der Waals surface area contributed by atoms with Gasteiger partial charge in [-0.2, -0.15) is 0 Å². The number of β-amino-alcohol motifs (C(OH)–C–C–N with tert-alkyl or cyclic N) is 1. The SMILES string of the molecule is CC(C)(C)OC(=O)N1CC(COCc2ccccc2)OC(C)(O)C1. The number of carbonyl (C=O) groups is 1. The first-order valence-electron chi connectivity index (χ1n) is 8.14. The third-order valence-electron chi connectivity index (χ3n) is 3.40. The summed E-state index contributed by atoms with van der Waals surface area (Å²) in [6.45, 7) is 8.09. The Morgan fingerprint density at radius 2 is 2.04 bits per heavy atom. The quantitative estimate of drug-likeness (QED) is 0.914. The molecule has 1 saturated heterocycles. The van der Waals surface area contributed by atoms with Crippen LogP contribution in [0.5, 0.6) is 0 Å². The first-order valence-corrected chi connectivity index (χ1v) is 8.14. The van der Waals surface area contributed by atoms with Gasteiger partial charge in [0, 0.05) is 0 Å². The number of benzene rings is 1. The number of amides is 1. The highest BCUT2D eigenvalue weighted by molar-refractivity contribution is 5.68. The van der Waals surface area contributed by atoms with E-state index in [2.05, 4.69) is 0 Å². The fourth-order valence-electron chi connectivity index (χ4n) is 2.53. The largest absolute Gasteiger partial charge is 0.444 e. The van der Waals surface area contributed by atoms with E-state index in [1.54, 1.807) is 0 Å². The van der Waals surface area contributed by atoms with Crippen LogP contribution in [0.4, 0.5) is 4.79 Å². The third-order valence-corrected chi connectivity index (χ3v) is 3.40. The van der Waals surface area contributed by atoms with Gasteiger partial charge in [-0.05, 0) is 33.3 Å². The molecule has 6 heteroatoms. The van der Waals surface area contributed by atoms with Crippen LogP contribution in [-0.4, -0.2) is 53.3 Å². The molecule has 1 amide bonds. The van der Waals surface area contributed by atoms with Crippen LogP contribution in [0.25, 0.3) is 0 Å². The molecule has 2 unspecified atom stereocenters. The van der Waals surface area contributed by atoms with Gasteiger partial charge in [0.2, 0.25) is 0 Å². The summed E-state index contributed by atoms with van der Waals surface area (Å²) in [5.41, 5.74) is 0.477. The molecule has 1 heterocycles. The molecule has 2 atom stereocenters. The molecule has 1 fully saturated rings. The summed E-state index contributed by atoms with van der Waals surface area (Å²) in [5, 5.41) is 10.3. The maximum Gasteiger partial charge on any atom is 0.410 e. The highest BCUT2D eigenvalue weighted by Crippen LogP contribution is 2.21. The zero-order chi connectivity index (χ0) is 17.8. The third kappa shape index (κ3) is 6.11. The van der Waals surface area contributed by atoms with Crippen LogP contribution >= 0.6 is 0 Å². The van der Waals surface area contributed by atoms with Crippen LogP contribution in [0.15, 0.2) is 30.3 Å². The Labute approximate surface area is 143 Å². The number of ether oxygens (including phenoxy) is 3. The van der Waals surface area contributed by atoms with Crippen LogP contribution in [-0.2, 0) is 20.8 Å². The van der Waals surface area contributed by atoms with Gasteiger partial charge >= 0.3 is 6.09 Å². The molecule has 0 spiro atoms. The summed E-state index contributed by atoms with van der Waals surface area (Å²) in [6.07, 6.45) is -0.871. The van der Waals surface area contributed by atoms with Crippen molar-refractivity contribution in [3.63, 3.8) is 0 Å². The normalized spacial score (nSPS) is 24.7. The molecule has 1 N–H and O–H groups in total. The van der Waals surface area contributed by atoms with Gasteiger partial charge < -0.3 is 24.2 Å². The maximum absolute atomic E-state index is 12.2. The van der Waals surface area contributed by atoms with Crippen molar-refractivity contribution in [2.75, 3.05) is 19.7 Å². The minimum Gasteiger partial charge on any atom is -0.444 e. The molecule has 1 aliphatic rings. The standard InChI is InChI=1S/C18H27NO5/c1-17(2,3)24-16(20)19-10-15(23-18(4,21)13-19)12-22-11-14-8-6-5-7-9-14/h5-9,15,21H,10-13H2,1-4H3. The topological polar surface area (TPSA) is 68.2 Å². The highest BCUT2D eigenvalue weighted by atomic mass is 16.6. The van der Waals surface area contributed by atoms with Crippen LogP contribution in [0.3, 0.4) is 0 Å². The van der Waals surface area contributed by atoms with E-state index in [9.17, 15) is 9.90 Å². The first kappa shape index (κ1) is 18.7. The second-order valence-electron chi connectivity index (χ2n) is 7.28. The molecular weight excluding hydrogens is 310 g/mol. The predicted octanol–water partition coefficient (Wildman–Crippen LogP) is 2.55. The molecule has 1 aromatic carbocycles. The monoisotopic (exact) mass is 337 g/mol. The number of nitrogens with zero attached hydrogens (tertiary/aromatic N) is 1. The Morgan fingerprint density at radius 3 is 2.67 bits per heavy atom. The van der Waals surface area contributed by atoms with E-state index in [0.29, 0.717) is 13.2 Å². The summed E-state index contributed by atoms with van der Waals surface area (Å²) in [7, 11) is 0. The van der Waals surface area contributed by atoms with Gasteiger partial charge in [-0.3, -0.25) is 0 Å². The molecule has 0 bridgehead atoms. The summed E-state index contributed by atoms with van der Waals surface area (Å²) >= 11 is 0. The van der Waals surface area contributed by atoms with Gasteiger partial charge in [0.15, 0.2) is 5.79 Å². The minimum atomic E-state index is -1.42. The van der Waals surface area contributed by atoms with Crippen molar-refractivity contribution in [2.24, 2.45) is 0 Å². The van der Waals surface area contributed by atoms with Crippen molar-refractivity contribution < 1.29 is 24.1 Å². The van der Waals surface area contributed by atoms with Gasteiger partial charge in [-0.25, -0.2) is 4.79 Å². The van der Waals surface area contributed by atoms with Gasteiger partial charge in [0.1, 0.15) is 11.7 Å². The number of hydrogen-bond donors (Lipinski definition) is 1. The Morgan fingerprint density at radius 1 is 1.38 bits per heavy atom. The van der Waals surface area contributed by atoms with Gasteiger partial charge in [0.25, 0.3) is 0 Å². The molecule has 134 valence electrons. The molecule has 0 saturated carbocycles. The van der Waals surface area contributed by atoms with E-state index in [0.717, 1.165) is 5.56 Å². The number of carbonyl (C=O) groups excluding carboxylic acids is 1. The van der Waals surface area contributed by atoms with Crippen molar-refractivity contribution in [1.82, 2.24) is 4.90 Å². The lowest BCUT2D eigenvalue weighted by Gasteiger charge is -2.41. The van der Waals surface area contributed by atoms with E-state index in [-0.39, 0.29) is 13.2 Å². The Bertz CT molecular complexity index is 538. The predicted molar refractivity (Wildman–Crippen MR) is 89.4 cm³/mol. The Kier molecular flexibility index (Phi) is 5.85. The average molecular weight is 337 g/mol. The van der Waals surface area contributed by atoms with Crippen LogP contribution < -0.4 is 0 Å². The lowest BCUT2D eigenvalue weighted by atomic mass is 10.2. The van der Waals surface area contributed by atoms with Gasteiger partial charge in [0.05, 0.1) is 26.3 Å².